The number of hydrogen-bond donors (Lipinski definition) is 2. The quantitative estimate of drug-likeness (QED) is 0.0798. The van der Waals surface area contributed by atoms with Crippen molar-refractivity contribution in [2.75, 3.05) is 44.8 Å². The lowest BCUT2D eigenvalue weighted by atomic mass is 9.92. The number of phenols is 1. The summed E-state index contributed by atoms with van der Waals surface area (Å²) in [6.07, 6.45) is 11.6. The summed E-state index contributed by atoms with van der Waals surface area (Å²) in [5.74, 6) is 1.40. The van der Waals surface area contributed by atoms with Crippen LogP contribution in [0.2, 0.25) is 0 Å². The van der Waals surface area contributed by atoms with Crippen molar-refractivity contribution in [2.45, 2.75) is 69.6 Å². The summed E-state index contributed by atoms with van der Waals surface area (Å²) < 4.78 is 67.0. The van der Waals surface area contributed by atoms with Gasteiger partial charge < -0.3 is 24.0 Å². The highest BCUT2D eigenvalue weighted by atomic mass is 31.2. The van der Waals surface area contributed by atoms with E-state index in [1.807, 2.05) is 15.6 Å². The first kappa shape index (κ1) is 40.0. The van der Waals surface area contributed by atoms with E-state index in [2.05, 4.69) is 32.8 Å². The van der Waals surface area contributed by atoms with Crippen LogP contribution in [0.25, 0.3) is 32.9 Å². The van der Waals surface area contributed by atoms with Crippen LogP contribution in [0, 0.1) is 29.9 Å². The molecule has 16 heteroatoms. The molecule has 0 spiro atoms. The smallest absolute Gasteiger partial charge is 0.394 e. The zero-order valence-electron chi connectivity index (χ0n) is 33.6. The number of anilines is 1. The molecule has 4 saturated heterocycles. The number of aromatic nitrogens is 3. The number of aromatic hydroxyl groups is 1. The number of carbonyl (C=O) groups excluding carboxylic acids is 1. The van der Waals surface area contributed by atoms with E-state index in [0.717, 1.165) is 32.4 Å². The first-order valence-corrected chi connectivity index (χ1v) is 21.9. The van der Waals surface area contributed by atoms with E-state index in [1.54, 1.807) is 31.2 Å². The molecule has 0 amide bonds. The molecule has 6 heterocycles. The van der Waals surface area contributed by atoms with Gasteiger partial charge in [0, 0.05) is 48.9 Å². The number of ether oxygens (including phenoxy) is 2. The summed E-state index contributed by atoms with van der Waals surface area (Å²) in [5, 5.41) is 14.7. The molecule has 3 aromatic carbocycles. The molecule has 4 aliphatic heterocycles. The zero-order valence-corrected chi connectivity index (χ0v) is 34.5. The Morgan fingerprint density at radius 3 is 2.62 bits per heavy atom. The molecular weight excluding hydrogens is 791 g/mol. The van der Waals surface area contributed by atoms with Gasteiger partial charge in [-0.15, -0.1) is 6.42 Å². The van der Waals surface area contributed by atoms with Crippen LogP contribution >= 0.6 is 7.67 Å². The molecule has 60 heavy (non-hydrogen) atoms. The fraction of sp³-hybridized carbons (Fsp3) is 0.409. The number of nitrogens with one attached hydrogen (secondary N) is 1. The third-order valence-corrected chi connectivity index (χ3v) is 14.9. The van der Waals surface area contributed by atoms with Crippen LogP contribution in [0.5, 0.6) is 17.5 Å². The predicted octanol–water partition coefficient (Wildman–Crippen LogP) is 7.05. The Morgan fingerprint density at radius 2 is 1.88 bits per heavy atom. The zero-order chi connectivity index (χ0) is 41.9. The van der Waals surface area contributed by atoms with Crippen molar-refractivity contribution in [1.82, 2.24) is 29.6 Å². The van der Waals surface area contributed by atoms with Gasteiger partial charge in [-0.25, -0.2) is 18.4 Å². The molecule has 5 aromatic rings. The third-order valence-electron chi connectivity index (χ3n) is 12.5. The number of phenolic OH excluding ortho intramolecular Hbond substituents is 1. The lowest BCUT2D eigenvalue weighted by Crippen LogP contribution is -2.55. The van der Waals surface area contributed by atoms with Gasteiger partial charge in [-0.05, 0) is 87.2 Å². The maximum absolute atomic E-state index is 17.3. The van der Waals surface area contributed by atoms with Gasteiger partial charge in [0.2, 0.25) is 0 Å². The molecular formula is C44H46F2N7O6P. The van der Waals surface area contributed by atoms with E-state index in [4.69, 9.17) is 25.4 Å². The molecule has 2 aromatic heterocycles. The Labute approximate surface area is 346 Å². The molecule has 0 aliphatic carbocycles. The number of terminal acetylenes is 1. The summed E-state index contributed by atoms with van der Waals surface area (Å²) in [6, 6.07) is 12.6. The average molecular weight is 838 g/mol. The van der Waals surface area contributed by atoms with E-state index in [0.29, 0.717) is 60.8 Å². The SMILES string of the molecule is C#Cc1c(F)ccc2cc(O)cc(-c3ncc4c(N5CC6CCC(C5)N6P(=O)(N[C@@H](C)C(=O)OC)Oc5ccccc5)nc(OC[C@@]56CCCN5C[C@H](C)C6)nc4c3F)c12. The third kappa shape index (κ3) is 6.99. The Morgan fingerprint density at radius 1 is 1.12 bits per heavy atom. The molecule has 2 N–H and O–H groups in total. The standard InChI is InChI=1S/C44H46F2N7O6P/c1-5-33-36(45)15-12-28-18-31(54)19-34(37(28)33)39-38(46)40-35(21-47-39)41(49-43(48-40)58-25-44-16-9-17-52(44)22-26(2)20-44)51-23-29-13-14-30(24-51)53(29)60(56,50-27(3)42(55)57-4)59-32-10-7-6-8-11-32/h1,6-8,10-12,15,18-19,21,26-27,29-30,54H,9,13-14,16-17,20,22-25H2,2-4H3,(H,50,56)/t26-,27+,29?,30?,44+,60?/m1/s1. The van der Waals surface area contributed by atoms with Crippen LogP contribution in [-0.2, 0) is 14.1 Å². The van der Waals surface area contributed by atoms with Crippen LogP contribution in [0.1, 0.15) is 51.5 Å². The van der Waals surface area contributed by atoms with Gasteiger partial charge in [-0.2, -0.15) is 14.6 Å². The highest BCUT2D eigenvalue weighted by Gasteiger charge is 2.52. The van der Waals surface area contributed by atoms with Gasteiger partial charge in [0.05, 0.1) is 23.6 Å². The van der Waals surface area contributed by atoms with Crippen LogP contribution < -0.4 is 19.2 Å². The molecule has 4 aliphatic rings. The Hall–Kier alpha value is -5.39. The van der Waals surface area contributed by atoms with Crippen molar-refractivity contribution < 1.29 is 37.2 Å². The van der Waals surface area contributed by atoms with Gasteiger partial charge in [0.15, 0.2) is 5.82 Å². The molecule has 6 atom stereocenters. The topological polar surface area (TPSA) is 142 Å². The van der Waals surface area contributed by atoms with Gasteiger partial charge >= 0.3 is 19.7 Å². The number of methoxy groups -OCH3 is 1. The van der Waals surface area contributed by atoms with E-state index < -0.39 is 31.3 Å². The number of fused-ring (bicyclic) bond motifs is 5. The second-order valence-corrected chi connectivity index (χ2v) is 18.5. The number of rotatable bonds is 11. The van der Waals surface area contributed by atoms with Crippen LogP contribution in [0.15, 0.2) is 60.8 Å². The fourth-order valence-corrected chi connectivity index (χ4v) is 12.5. The number of esters is 1. The molecule has 9 rings (SSSR count). The summed E-state index contributed by atoms with van der Waals surface area (Å²) in [6.45, 7) is 6.74. The summed E-state index contributed by atoms with van der Waals surface area (Å²) in [4.78, 5) is 31.3. The van der Waals surface area contributed by atoms with Crippen molar-refractivity contribution >= 4 is 41.1 Å². The summed E-state index contributed by atoms with van der Waals surface area (Å²) >= 11 is 0. The minimum Gasteiger partial charge on any atom is -0.508 e. The van der Waals surface area contributed by atoms with Crippen LogP contribution in [0.3, 0.4) is 0 Å². The van der Waals surface area contributed by atoms with E-state index in [-0.39, 0.29) is 57.1 Å². The maximum Gasteiger partial charge on any atom is 0.394 e. The van der Waals surface area contributed by atoms with Crippen molar-refractivity contribution in [3.05, 3.63) is 78.0 Å². The maximum atomic E-state index is 17.3. The Bertz CT molecular complexity index is 2580. The van der Waals surface area contributed by atoms with E-state index in [9.17, 15) is 9.90 Å². The lowest BCUT2D eigenvalue weighted by molar-refractivity contribution is -0.142. The van der Waals surface area contributed by atoms with Gasteiger partial charge in [0.1, 0.15) is 47.0 Å². The molecule has 312 valence electrons. The van der Waals surface area contributed by atoms with Gasteiger partial charge in [0.25, 0.3) is 0 Å². The minimum absolute atomic E-state index is 0.00752. The van der Waals surface area contributed by atoms with Gasteiger partial charge in [-0.3, -0.25) is 14.7 Å². The molecule has 3 unspecified atom stereocenters. The number of hydrogen-bond acceptors (Lipinski definition) is 11. The van der Waals surface area contributed by atoms with Crippen molar-refractivity contribution in [1.29, 1.82) is 0 Å². The molecule has 4 fully saturated rings. The highest BCUT2D eigenvalue weighted by molar-refractivity contribution is 7.54. The number of pyridine rings is 1. The monoisotopic (exact) mass is 837 g/mol. The van der Waals surface area contributed by atoms with Crippen molar-refractivity contribution in [3.8, 4) is 41.1 Å². The normalized spacial score (nSPS) is 24.3. The molecule has 13 nitrogen and oxygen atoms in total. The number of para-hydroxylation sites is 1. The number of piperazine rings is 1. The molecule has 0 radical (unpaired) electrons. The predicted molar refractivity (Wildman–Crippen MR) is 223 cm³/mol. The first-order valence-electron chi connectivity index (χ1n) is 20.3. The first-order chi connectivity index (χ1) is 28.9. The minimum atomic E-state index is -3.93. The second-order valence-electron chi connectivity index (χ2n) is 16.5. The van der Waals surface area contributed by atoms with E-state index >= 15 is 13.3 Å². The Kier molecular flexibility index (Phi) is 10.4. The summed E-state index contributed by atoms with van der Waals surface area (Å²) in [7, 11) is -2.66. The number of carbonyl (C=O) groups is 1. The average Bonchev–Trinajstić information content (AvgIpc) is 3.86. The number of halogens is 2. The van der Waals surface area contributed by atoms with Crippen molar-refractivity contribution in [3.63, 3.8) is 0 Å². The highest BCUT2D eigenvalue weighted by Crippen LogP contribution is 2.55. The molecule has 0 saturated carbocycles. The van der Waals surface area contributed by atoms with Crippen LogP contribution in [0.4, 0.5) is 14.6 Å². The largest absolute Gasteiger partial charge is 0.508 e. The van der Waals surface area contributed by atoms with Gasteiger partial charge in [-0.1, -0.05) is 37.1 Å². The second kappa shape index (κ2) is 15.6. The van der Waals surface area contributed by atoms with E-state index in [1.165, 1.54) is 37.6 Å². The number of benzene rings is 3. The lowest BCUT2D eigenvalue weighted by Gasteiger charge is -2.44. The summed E-state index contributed by atoms with van der Waals surface area (Å²) in [5.41, 5.74) is -0.401. The Balaban J connectivity index is 1.13. The number of nitrogens with zero attached hydrogens (tertiary/aromatic N) is 6. The fourth-order valence-electron chi connectivity index (χ4n) is 10.0. The van der Waals surface area contributed by atoms with Crippen molar-refractivity contribution in [2.24, 2.45) is 5.92 Å². The van der Waals surface area contributed by atoms with Crippen LogP contribution in [-0.4, -0.2) is 99.2 Å². The molecule has 2 bridgehead atoms.